The van der Waals surface area contributed by atoms with E-state index in [9.17, 15) is 18.0 Å². The molecule has 5 rings (SSSR count). The average Bonchev–Trinajstić information content (AvgIpc) is 3.23. The van der Waals surface area contributed by atoms with Crippen molar-refractivity contribution in [2.45, 2.75) is 6.18 Å². The normalized spacial score (nSPS) is 11.7. The number of nitrogens with one attached hydrogen (secondary N) is 1. The van der Waals surface area contributed by atoms with Crippen molar-refractivity contribution in [3.05, 3.63) is 90.4 Å². The molecular weight excluding hydrogens is 419 g/mol. The van der Waals surface area contributed by atoms with Gasteiger partial charge in [0.25, 0.3) is 11.7 Å². The smallest absolute Gasteiger partial charge is 0.319 e. The third kappa shape index (κ3) is 3.53. The van der Waals surface area contributed by atoms with Gasteiger partial charge in [-0.15, -0.1) is 5.10 Å². The van der Waals surface area contributed by atoms with Gasteiger partial charge in [0, 0.05) is 16.6 Å². The van der Waals surface area contributed by atoms with E-state index in [-0.39, 0.29) is 11.5 Å². The van der Waals surface area contributed by atoms with Crippen LogP contribution < -0.4 is 5.32 Å². The van der Waals surface area contributed by atoms with Gasteiger partial charge in [0.2, 0.25) is 5.82 Å². The fourth-order valence-electron chi connectivity index (χ4n) is 3.44. The fourth-order valence-corrected chi connectivity index (χ4v) is 3.44. The van der Waals surface area contributed by atoms with E-state index in [4.69, 9.17) is 0 Å². The van der Waals surface area contributed by atoms with E-state index in [1.54, 1.807) is 42.5 Å². The first-order chi connectivity index (χ1) is 15.4. The Bertz CT molecular complexity index is 1460. The molecule has 0 aliphatic carbocycles. The van der Waals surface area contributed by atoms with Crippen LogP contribution in [-0.2, 0) is 6.18 Å². The second-order valence-electron chi connectivity index (χ2n) is 7.02. The van der Waals surface area contributed by atoms with Crippen LogP contribution in [0.4, 0.5) is 18.9 Å². The predicted molar refractivity (Wildman–Crippen MR) is 113 cm³/mol. The number of hydrogen-bond acceptors (Lipinski definition) is 4. The van der Waals surface area contributed by atoms with Gasteiger partial charge < -0.3 is 5.32 Å². The van der Waals surface area contributed by atoms with Gasteiger partial charge in [-0.3, -0.25) is 4.79 Å². The molecule has 9 heteroatoms. The molecule has 2 heterocycles. The Hall–Kier alpha value is -4.27. The van der Waals surface area contributed by atoms with Crippen molar-refractivity contribution in [2.75, 3.05) is 5.32 Å². The molecule has 3 aromatic carbocycles. The first-order valence-corrected chi connectivity index (χ1v) is 9.60. The minimum absolute atomic E-state index is 0.0823. The van der Waals surface area contributed by atoms with Crippen LogP contribution in [0.15, 0.2) is 78.9 Å². The van der Waals surface area contributed by atoms with Crippen LogP contribution in [0.3, 0.4) is 0 Å². The van der Waals surface area contributed by atoms with Gasteiger partial charge in [0.15, 0.2) is 5.69 Å². The summed E-state index contributed by atoms with van der Waals surface area (Å²) in [5.41, 5.74) is 0.00286. The molecule has 0 spiro atoms. The van der Waals surface area contributed by atoms with Crippen molar-refractivity contribution in [1.29, 1.82) is 0 Å². The van der Waals surface area contributed by atoms with Crippen molar-refractivity contribution in [2.24, 2.45) is 0 Å². The number of benzene rings is 3. The summed E-state index contributed by atoms with van der Waals surface area (Å²) in [6.45, 7) is 0. The zero-order chi connectivity index (χ0) is 22.3. The zero-order valence-corrected chi connectivity index (χ0v) is 16.3. The van der Waals surface area contributed by atoms with E-state index in [1.165, 1.54) is 0 Å². The number of fused-ring (bicyclic) bond motifs is 2. The van der Waals surface area contributed by atoms with Crippen molar-refractivity contribution in [3.8, 4) is 11.3 Å². The molecule has 6 nitrogen and oxygen atoms in total. The van der Waals surface area contributed by atoms with Gasteiger partial charge in [-0.2, -0.15) is 22.7 Å². The molecule has 158 valence electrons. The van der Waals surface area contributed by atoms with Crippen LogP contribution in [0, 0.1) is 0 Å². The molecule has 0 saturated heterocycles. The number of rotatable bonds is 3. The molecule has 0 atom stereocenters. The number of alkyl halides is 3. The molecule has 1 amide bonds. The Kier molecular flexibility index (Phi) is 4.58. The van der Waals surface area contributed by atoms with E-state index < -0.39 is 23.6 Å². The highest BCUT2D eigenvalue weighted by molar-refractivity contribution is 6.07. The third-order valence-corrected chi connectivity index (χ3v) is 4.91. The van der Waals surface area contributed by atoms with Gasteiger partial charge in [-0.05, 0) is 17.5 Å². The summed E-state index contributed by atoms with van der Waals surface area (Å²) in [5, 5.41) is 8.17. The number of hydrogen-bond donors (Lipinski definition) is 1. The first kappa shape index (κ1) is 19.7. The molecule has 0 fully saturated rings. The number of anilines is 1. The molecule has 0 unspecified atom stereocenters. The number of aromatic nitrogens is 4. The van der Waals surface area contributed by atoms with E-state index in [0.717, 1.165) is 16.8 Å². The summed E-state index contributed by atoms with van der Waals surface area (Å²) in [4.78, 5) is 21.0. The lowest BCUT2D eigenvalue weighted by molar-refractivity contribution is -0.142. The largest absolute Gasteiger partial charge is 0.433 e. The van der Waals surface area contributed by atoms with Crippen LogP contribution in [0.1, 0.15) is 16.3 Å². The number of nitrogens with zero attached hydrogens (tertiary/aromatic N) is 4. The zero-order valence-electron chi connectivity index (χ0n) is 16.3. The molecular formula is C23H14F3N5O. The van der Waals surface area contributed by atoms with Crippen molar-refractivity contribution >= 4 is 28.1 Å². The topological polar surface area (TPSA) is 72.2 Å². The summed E-state index contributed by atoms with van der Waals surface area (Å²) in [5.74, 6) is -1.47. The Morgan fingerprint density at radius 2 is 1.59 bits per heavy atom. The van der Waals surface area contributed by atoms with Crippen LogP contribution in [-0.4, -0.2) is 25.5 Å². The van der Waals surface area contributed by atoms with Crippen molar-refractivity contribution in [1.82, 2.24) is 19.6 Å². The summed E-state index contributed by atoms with van der Waals surface area (Å²) in [6, 6.07) is 22.1. The molecule has 0 saturated carbocycles. The summed E-state index contributed by atoms with van der Waals surface area (Å²) >= 11 is 0. The standard InChI is InChI=1S/C23H14F3N5O/c24-23(25,26)19-13-18(15-8-2-1-3-9-15)28-22-29-20(30-31(19)22)21(32)27-17-12-6-10-14-7-4-5-11-16(14)17/h1-13H,(H,27,32). The summed E-state index contributed by atoms with van der Waals surface area (Å²) in [6.07, 6.45) is -4.72. The molecule has 0 bridgehead atoms. The molecule has 0 aliphatic heterocycles. The molecule has 2 aromatic heterocycles. The minimum Gasteiger partial charge on any atom is -0.319 e. The van der Waals surface area contributed by atoms with Gasteiger partial charge in [0.1, 0.15) is 0 Å². The lowest BCUT2D eigenvalue weighted by atomic mass is 10.1. The van der Waals surface area contributed by atoms with E-state index in [2.05, 4.69) is 20.4 Å². The van der Waals surface area contributed by atoms with E-state index in [0.29, 0.717) is 15.8 Å². The molecule has 1 N–H and O–H groups in total. The Morgan fingerprint density at radius 3 is 2.38 bits per heavy atom. The van der Waals surface area contributed by atoms with Crippen molar-refractivity contribution < 1.29 is 18.0 Å². The van der Waals surface area contributed by atoms with Crippen LogP contribution >= 0.6 is 0 Å². The van der Waals surface area contributed by atoms with E-state index >= 15 is 0 Å². The van der Waals surface area contributed by atoms with Gasteiger partial charge >= 0.3 is 6.18 Å². The highest BCUT2D eigenvalue weighted by Gasteiger charge is 2.36. The Balaban J connectivity index is 1.58. The molecule has 0 radical (unpaired) electrons. The fraction of sp³-hybridized carbons (Fsp3) is 0.0435. The van der Waals surface area contributed by atoms with Gasteiger partial charge in [0.05, 0.1) is 5.69 Å². The lowest BCUT2D eigenvalue weighted by Gasteiger charge is -2.10. The molecule has 32 heavy (non-hydrogen) atoms. The number of halogens is 3. The lowest BCUT2D eigenvalue weighted by Crippen LogP contribution is -2.16. The maximum Gasteiger partial charge on any atom is 0.433 e. The SMILES string of the molecule is O=C(Nc1cccc2ccccc12)c1nc2nc(-c3ccccc3)cc(C(F)(F)F)n2n1. The highest BCUT2D eigenvalue weighted by atomic mass is 19.4. The van der Waals surface area contributed by atoms with Gasteiger partial charge in [-0.1, -0.05) is 66.7 Å². The predicted octanol–water partition coefficient (Wildman–Crippen LogP) is 5.22. The van der Waals surface area contributed by atoms with Crippen LogP contribution in [0.25, 0.3) is 27.8 Å². The van der Waals surface area contributed by atoms with Crippen molar-refractivity contribution in [3.63, 3.8) is 0 Å². The Morgan fingerprint density at radius 1 is 0.875 bits per heavy atom. The second kappa shape index (κ2) is 7.45. The highest BCUT2D eigenvalue weighted by Crippen LogP contribution is 2.32. The maximum atomic E-state index is 13.7. The average molecular weight is 433 g/mol. The van der Waals surface area contributed by atoms with E-state index in [1.807, 2.05) is 30.3 Å². The van der Waals surface area contributed by atoms with Crippen LogP contribution in [0.2, 0.25) is 0 Å². The summed E-state index contributed by atoms with van der Waals surface area (Å²) in [7, 11) is 0. The third-order valence-electron chi connectivity index (χ3n) is 4.91. The maximum absolute atomic E-state index is 13.7. The number of amides is 1. The number of carbonyl (C=O) groups excluding carboxylic acids is 1. The van der Waals surface area contributed by atoms with Gasteiger partial charge in [-0.25, -0.2) is 4.98 Å². The molecule has 5 aromatic rings. The Labute approximate surface area is 179 Å². The summed E-state index contributed by atoms with van der Waals surface area (Å²) < 4.78 is 41.7. The minimum atomic E-state index is -4.72. The second-order valence-corrected chi connectivity index (χ2v) is 7.02. The first-order valence-electron chi connectivity index (χ1n) is 9.60. The number of carbonyl (C=O) groups is 1. The van der Waals surface area contributed by atoms with Crippen LogP contribution in [0.5, 0.6) is 0 Å². The quantitative estimate of drug-likeness (QED) is 0.424. The molecule has 0 aliphatic rings. The monoisotopic (exact) mass is 433 g/mol.